The van der Waals surface area contributed by atoms with Gasteiger partial charge in [-0.25, -0.2) is 0 Å². The Balaban J connectivity index is 2.12. The minimum Gasteiger partial charge on any atom is -0.498 e. The molecule has 2 nitrogen and oxygen atoms in total. The van der Waals surface area contributed by atoms with E-state index in [0.717, 1.165) is 13.0 Å². The van der Waals surface area contributed by atoms with Crippen LogP contribution in [0.4, 0.5) is 0 Å². The smallest absolute Gasteiger partial charge is 0.125 e. The molecule has 0 spiro atoms. The van der Waals surface area contributed by atoms with E-state index in [-0.39, 0.29) is 5.60 Å². The highest BCUT2D eigenvalue weighted by Crippen LogP contribution is 2.30. The van der Waals surface area contributed by atoms with Gasteiger partial charge in [0.1, 0.15) is 12.2 Å². The van der Waals surface area contributed by atoms with Crippen LogP contribution in [0, 0.1) is 0 Å². The van der Waals surface area contributed by atoms with Crippen molar-refractivity contribution in [2.75, 3.05) is 13.2 Å². The molecule has 1 rings (SSSR count). The molecule has 58 valence electrons. The summed E-state index contributed by atoms with van der Waals surface area (Å²) in [5.41, 5.74) is 0.0690. The van der Waals surface area contributed by atoms with Crippen molar-refractivity contribution < 1.29 is 9.47 Å². The fourth-order valence-electron chi connectivity index (χ4n) is 0.788. The van der Waals surface area contributed by atoms with Gasteiger partial charge in [0.2, 0.25) is 0 Å². The van der Waals surface area contributed by atoms with E-state index in [4.69, 9.17) is 9.47 Å². The zero-order valence-electron chi connectivity index (χ0n) is 6.59. The summed E-state index contributed by atoms with van der Waals surface area (Å²) in [4.78, 5) is 0. The third-order valence-corrected chi connectivity index (χ3v) is 1.78. The Hall–Kier alpha value is -0.500. The van der Waals surface area contributed by atoms with Crippen LogP contribution in [0.25, 0.3) is 0 Å². The van der Waals surface area contributed by atoms with Crippen molar-refractivity contribution in [3.05, 3.63) is 12.3 Å². The Morgan fingerprint density at radius 1 is 1.70 bits per heavy atom. The molecule has 0 aromatic carbocycles. The Labute approximate surface area is 61.8 Å². The molecule has 1 aliphatic rings. The molecule has 0 amide bonds. The van der Waals surface area contributed by atoms with Gasteiger partial charge in [-0.2, -0.15) is 0 Å². The Kier molecular flexibility index (Phi) is 2.33. The fourth-order valence-corrected chi connectivity index (χ4v) is 0.788. The SMILES string of the molecule is C/C=C/OCC1(CC)CO1. The number of hydrogen-bond acceptors (Lipinski definition) is 2. The molecule has 1 heterocycles. The maximum Gasteiger partial charge on any atom is 0.125 e. The second-order valence-electron chi connectivity index (χ2n) is 2.61. The van der Waals surface area contributed by atoms with Gasteiger partial charge in [0.15, 0.2) is 0 Å². The molecular weight excluding hydrogens is 128 g/mol. The van der Waals surface area contributed by atoms with Gasteiger partial charge in [-0.3, -0.25) is 0 Å². The quantitative estimate of drug-likeness (QED) is 0.440. The van der Waals surface area contributed by atoms with Crippen molar-refractivity contribution in [2.45, 2.75) is 25.9 Å². The van der Waals surface area contributed by atoms with Crippen molar-refractivity contribution in [1.29, 1.82) is 0 Å². The van der Waals surface area contributed by atoms with Crippen molar-refractivity contribution in [1.82, 2.24) is 0 Å². The second-order valence-corrected chi connectivity index (χ2v) is 2.61. The zero-order chi connectivity index (χ0) is 7.45. The van der Waals surface area contributed by atoms with Gasteiger partial charge < -0.3 is 9.47 Å². The molecule has 1 unspecified atom stereocenters. The van der Waals surface area contributed by atoms with Gasteiger partial charge in [0.25, 0.3) is 0 Å². The van der Waals surface area contributed by atoms with E-state index in [9.17, 15) is 0 Å². The van der Waals surface area contributed by atoms with Gasteiger partial charge in [-0.05, 0) is 13.3 Å². The summed E-state index contributed by atoms with van der Waals surface area (Å²) in [6.45, 7) is 5.62. The minimum atomic E-state index is 0.0690. The van der Waals surface area contributed by atoms with Gasteiger partial charge in [0.05, 0.1) is 12.9 Å². The highest BCUT2D eigenvalue weighted by Gasteiger charge is 2.43. The van der Waals surface area contributed by atoms with E-state index in [2.05, 4.69) is 6.92 Å². The average Bonchev–Trinajstić information content (AvgIpc) is 2.70. The van der Waals surface area contributed by atoms with Gasteiger partial charge >= 0.3 is 0 Å². The lowest BCUT2D eigenvalue weighted by Crippen LogP contribution is -2.16. The molecule has 10 heavy (non-hydrogen) atoms. The van der Waals surface area contributed by atoms with Crippen molar-refractivity contribution in [3.63, 3.8) is 0 Å². The third kappa shape index (κ3) is 1.74. The topological polar surface area (TPSA) is 21.8 Å². The Morgan fingerprint density at radius 3 is 2.80 bits per heavy atom. The van der Waals surface area contributed by atoms with Crippen LogP contribution in [0.2, 0.25) is 0 Å². The Morgan fingerprint density at radius 2 is 2.40 bits per heavy atom. The first-order valence-electron chi connectivity index (χ1n) is 3.70. The lowest BCUT2D eigenvalue weighted by Gasteiger charge is -2.06. The van der Waals surface area contributed by atoms with Crippen LogP contribution in [-0.2, 0) is 9.47 Å². The first kappa shape index (κ1) is 7.61. The number of rotatable bonds is 4. The zero-order valence-corrected chi connectivity index (χ0v) is 6.59. The summed E-state index contributed by atoms with van der Waals surface area (Å²) in [6.07, 6.45) is 4.63. The lowest BCUT2D eigenvalue weighted by atomic mass is 10.1. The standard InChI is InChI=1S/C8H14O2/c1-3-5-9-6-8(4-2)7-10-8/h3,5H,4,6-7H2,1-2H3/b5-3+. The molecule has 1 aliphatic heterocycles. The van der Waals surface area contributed by atoms with Crippen molar-refractivity contribution in [2.24, 2.45) is 0 Å². The van der Waals surface area contributed by atoms with Crippen molar-refractivity contribution >= 4 is 0 Å². The summed E-state index contributed by atoms with van der Waals surface area (Å²) in [5.74, 6) is 0. The third-order valence-electron chi connectivity index (χ3n) is 1.78. The molecule has 2 heteroatoms. The molecule has 0 radical (unpaired) electrons. The molecule has 1 saturated heterocycles. The highest BCUT2D eigenvalue weighted by atomic mass is 16.6. The molecule has 0 aromatic rings. The summed E-state index contributed by atoms with van der Waals surface area (Å²) in [7, 11) is 0. The summed E-state index contributed by atoms with van der Waals surface area (Å²) in [5, 5.41) is 0. The predicted molar refractivity (Wildman–Crippen MR) is 39.7 cm³/mol. The van der Waals surface area contributed by atoms with Crippen LogP contribution < -0.4 is 0 Å². The maximum atomic E-state index is 5.23. The summed E-state index contributed by atoms with van der Waals surface area (Å²) >= 11 is 0. The van der Waals surface area contributed by atoms with Crippen LogP contribution in [0.3, 0.4) is 0 Å². The summed E-state index contributed by atoms with van der Waals surface area (Å²) in [6, 6.07) is 0. The van der Waals surface area contributed by atoms with E-state index < -0.39 is 0 Å². The highest BCUT2D eigenvalue weighted by molar-refractivity contribution is 4.91. The van der Waals surface area contributed by atoms with Gasteiger partial charge in [-0.1, -0.05) is 13.0 Å². The predicted octanol–water partition coefficient (Wildman–Crippen LogP) is 1.72. The number of hydrogen-bond donors (Lipinski definition) is 0. The molecule has 0 aliphatic carbocycles. The van der Waals surface area contributed by atoms with Crippen LogP contribution in [0.15, 0.2) is 12.3 Å². The monoisotopic (exact) mass is 142 g/mol. The van der Waals surface area contributed by atoms with E-state index in [1.807, 2.05) is 13.0 Å². The molecule has 0 saturated carbocycles. The van der Waals surface area contributed by atoms with Gasteiger partial charge in [-0.15, -0.1) is 0 Å². The number of allylic oxidation sites excluding steroid dienone is 1. The molecule has 1 atom stereocenters. The fraction of sp³-hybridized carbons (Fsp3) is 0.750. The van der Waals surface area contributed by atoms with E-state index in [0.29, 0.717) is 6.61 Å². The largest absolute Gasteiger partial charge is 0.498 e. The molecular formula is C8H14O2. The maximum absolute atomic E-state index is 5.23. The molecule has 0 N–H and O–H groups in total. The van der Waals surface area contributed by atoms with Crippen LogP contribution in [0.5, 0.6) is 0 Å². The number of ether oxygens (including phenoxy) is 2. The second kappa shape index (κ2) is 3.06. The van der Waals surface area contributed by atoms with Crippen LogP contribution in [-0.4, -0.2) is 18.8 Å². The van der Waals surface area contributed by atoms with Crippen LogP contribution >= 0.6 is 0 Å². The van der Waals surface area contributed by atoms with E-state index >= 15 is 0 Å². The van der Waals surface area contributed by atoms with Crippen molar-refractivity contribution in [3.8, 4) is 0 Å². The normalized spacial score (nSPS) is 31.0. The first-order valence-corrected chi connectivity index (χ1v) is 3.70. The van der Waals surface area contributed by atoms with Gasteiger partial charge in [0, 0.05) is 0 Å². The lowest BCUT2D eigenvalue weighted by molar-refractivity contribution is 0.148. The molecule has 0 aromatic heterocycles. The summed E-state index contributed by atoms with van der Waals surface area (Å²) < 4.78 is 10.4. The molecule has 0 bridgehead atoms. The molecule has 1 fully saturated rings. The minimum absolute atomic E-state index is 0.0690. The Bertz CT molecular complexity index is 125. The average molecular weight is 142 g/mol. The number of epoxide rings is 1. The van der Waals surface area contributed by atoms with Crippen LogP contribution in [0.1, 0.15) is 20.3 Å². The van der Waals surface area contributed by atoms with E-state index in [1.54, 1.807) is 6.26 Å². The van der Waals surface area contributed by atoms with E-state index in [1.165, 1.54) is 0 Å². The first-order chi connectivity index (χ1) is 4.83.